The van der Waals surface area contributed by atoms with Gasteiger partial charge in [-0.3, -0.25) is 9.59 Å². The number of quaternary nitrogens is 1. The number of likely N-dealkylation sites (N-methyl/N-ethyl adjacent to an activating group) is 1. The molecule has 0 aromatic carbocycles. The van der Waals surface area contributed by atoms with Crippen molar-refractivity contribution in [2.45, 2.75) is 251 Å². The Morgan fingerprint density at radius 2 is 0.850 bits per heavy atom. The minimum Gasteiger partial charge on any atom is -0.477 e. The fourth-order valence-corrected chi connectivity index (χ4v) is 7.30. The zero-order chi connectivity index (χ0) is 44.2. The van der Waals surface area contributed by atoms with Crippen molar-refractivity contribution in [3.8, 4) is 0 Å². The maximum Gasteiger partial charge on any atom is 0.361 e. The van der Waals surface area contributed by atoms with Gasteiger partial charge >= 0.3 is 17.9 Å². The van der Waals surface area contributed by atoms with E-state index in [0.29, 0.717) is 17.4 Å². The van der Waals surface area contributed by atoms with Crippen LogP contribution in [0, 0.1) is 0 Å². The van der Waals surface area contributed by atoms with E-state index in [1.807, 2.05) is 21.1 Å². The van der Waals surface area contributed by atoms with E-state index in [-0.39, 0.29) is 32.2 Å². The first-order chi connectivity index (χ1) is 29.1. The molecular weight excluding hydrogens is 755 g/mol. The van der Waals surface area contributed by atoms with Crippen molar-refractivity contribution < 1.29 is 42.9 Å². The number of rotatable bonds is 47. The fourth-order valence-electron chi connectivity index (χ4n) is 7.30. The molecule has 1 N–H and O–H groups in total. The van der Waals surface area contributed by atoms with Gasteiger partial charge in [0.25, 0.3) is 6.29 Å². The molecule has 0 spiro atoms. The molecule has 60 heavy (non-hydrogen) atoms. The van der Waals surface area contributed by atoms with Crippen LogP contribution >= 0.6 is 0 Å². The molecule has 9 nitrogen and oxygen atoms in total. The molecule has 0 saturated heterocycles. The van der Waals surface area contributed by atoms with Crippen molar-refractivity contribution in [1.29, 1.82) is 0 Å². The number of carbonyl (C=O) groups excluding carboxylic acids is 2. The summed E-state index contributed by atoms with van der Waals surface area (Å²) in [6, 6.07) is 0. The van der Waals surface area contributed by atoms with Crippen LogP contribution in [0.2, 0.25) is 0 Å². The second-order valence-corrected chi connectivity index (χ2v) is 18.5. The lowest BCUT2D eigenvalue weighted by Gasteiger charge is -2.25. The summed E-state index contributed by atoms with van der Waals surface area (Å²) in [7, 11) is 5.97. The van der Waals surface area contributed by atoms with Crippen LogP contribution in [0.15, 0.2) is 12.2 Å². The molecule has 0 aliphatic carbocycles. The van der Waals surface area contributed by atoms with Gasteiger partial charge in [-0.2, -0.15) is 0 Å². The number of carboxylic acids is 1. The zero-order valence-corrected chi connectivity index (χ0v) is 40.1. The van der Waals surface area contributed by atoms with Gasteiger partial charge in [-0.15, -0.1) is 0 Å². The summed E-state index contributed by atoms with van der Waals surface area (Å²) in [5, 5.41) is 9.65. The molecule has 9 heteroatoms. The highest BCUT2D eigenvalue weighted by Gasteiger charge is 2.25. The van der Waals surface area contributed by atoms with Gasteiger partial charge in [0.05, 0.1) is 34.4 Å². The Balaban J connectivity index is 4.26. The molecule has 0 rings (SSSR count). The quantitative estimate of drug-likeness (QED) is 0.0212. The largest absolute Gasteiger partial charge is 0.477 e. The molecule has 0 heterocycles. The Morgan fingerprint density at radius 3 is 1.23 bits per heavy atom. The Morgan fingerprint density at radius 1 is 0.483 bits per heavy atom. The van der Waals surface area contributed by atoms with E-state index >= 15 is 0 Å². The summed E-state index contributed by atoms with van der Waals surface area (Å²) in [5.41, 5.74) is 0. The van der Waals surface area contributed by atoms with Crippen molar-refractivity contribution in [3.63, 3.8) is 0 Å². The predicted molar refractivity (Wildman–Crippen MR) is 249 cm³/mol. The summed E-state index contributed by atoms with van der Waals surface area (Å²) in [4.78, 5) is 37.2. The van der Waals surface area contributed by atoms with Crippen molar-refractivity contribution in [2.75, 3.05) is 47.5 Å². The van der Waals surface area contributed by atoms with Crippen molar-refractivity contribution >= 4 is 17.9 Å². The van der Waals surface area contributed by atoms with Crippen molar-refractivity contribution in [1.82, 2.24) is 0 Å². The van der Waals surface area contributed by atoms with Crippen LogP contribution in [0.3, 0.4) is 0 Å². The average Bonchev–Trinajstić information content (AvgIpc) is 3.21. The van der Waals surface area contributed by atoms with Gasteiger partial charge in [0, 0.05) is 12.8 Å². The first-order valence-corrected chi connectivity index (χ1v) is 25.4. The SMILES string of the molecule is CCCCCCCCCC/C=C\CCCCCCCCCCCCCC(=O)OC(COC(=O)CCCCCCCCCCCCCC)COC(OCC[N+](C)(C)C)C(=O)O. The lowest BCUT2D eigenvalue weighted by molar-refractivity contribution is -0.870. The number of carbonyl (C=O) groups is 3. The maximum absolute atomic E-state index is 12.8. The Bertz CT molecular complexity index is 996. The topological polar surface area (TPSA) is 108 Å². The molecule has 2 unspecified atom stereocenters. The van der Waals surface area contributed by atoms with Crippen LogP contribution < -0.4 is 0 Å². The molecule has 0 aliphatic heterocycles. The summed E-state index contributed by atoms with van der Waals surface area (Å²) in [6.07, 6.45) is 44.2. The molecule has 0 aliphatic rings. The van der Waals surface area contributed by atoms with Gasteiger partial charge in [-0.1, -0.05) is 199 Å². The number of carboxylic acid groups (broad SMARTS) is 1. The molecule has 0 fully saturated rings. The first-order valence-electron chi connectivity index (χ1n) is 25.4. The number of hydrogen-bond acceptors (Lipinski definition) is 7. The van der Waals surface area contributed by atoms with Gasteiger partial charge in [0.2, 0.25) is 0 Å². The highest BCUT2D eigenvalue weighted by Crippen LogP contribution is 2.16. The highest BCUT2D eigenvalue weighted by atomic mass is 16.7. The summed E-state index contributed by atoms with van der Waals surface area (Å²) >= 11 is 0. The Hall–Kier alpha value is -1.97. The van der Waals surface area contributed by atoms with Crippen molar-refractivity contribution in [2.24, 2.45) is 0 Å². The van der Waals surface area contributed by atoms with Crippen LogP contribution in [0.1, 0.15) is 239 Å². The van der Waals surface area contributed by atoms with Gasteiger partial charge in [0.1, 0.15) is 13.2 Å². The third kappa shape index (κ3) is 44.1. The average molecular weight is 853 g/mol. The number of ether oxygens (including phenoxy) is 4. The lowest BCUT2D eigenvalue weighted by Crippen LogP contribution is -2.40. The minimum absolute atomic E-state index is 0.176. The fraction of sp³-hybridized carbons (Fsp3) is 0.902. The molecule has 0 saturated carbocycles. The number of nitrogens with zero attached hydrogens (tertiary/aromatic N) is 1. The van der Waals surface area contributed by atoms with Gasteiger partial charge < -0.3 is 28.5 Å². The highest BCUT2D eigenvalue weighted by molar-refractivity contribution is 5.71. The second kappa shape index (κ2) is 43.7. The molecule has 0 bridgehead atoms. The summed E-state index contributed by atoms with van der Waals surface area (Å²) in [5.74, 6) is -1.99. The smallest absolute Gasteiger partial charge is 0.361 e. The number of unbranched alkanes of at least 4 members (excludes halogenated alkanes) is 30. The van der Waals surface area contributed by atoms with Crippen LogP contribution in [0.25, 0.3) is 0 Å². The van der Waals surface area contributed by atoms with E-state index < -0.39 is 24.3 Å². The molecule has 0 radical (unpaired) electrons. The van der Waals surface area contributed by atoms with E-state index in [9.17, 15) is 19.5 Å². The zero-order valence-electron chi connectivity index (χ0n) is 40.1. The molecule has 0 amide bonds. The van der Waals surface area contributed by atoms with E-state index in [0.717, 1.165) is 38.5 Å². The van der Waals surface area contributed by atoms with Crippen LogP contribution in [-0.4, -0.2) is 87.4 Å². The van der Waals surface area contributed by atoms with Gasteiger partial charge in [-0.05, 0) is 38.5 Å². The third-order valence-corrected chi connectivity index (χ3v) is 11.3. The minimum atomic E-state index is -1.50. The lowest BCUT2D eigenvalue weighted by atomic mass is 10.0. The second-order valence-electron chi connectivity index (χ2n) is 18.5. The van der Waals surface area contributed by atoms with Crippen LogP contribution in [0.4, 0.5) is 0 Å². The third-order valence-electron chi connectivity index (χ3n) is 11.3. The molecular formula is C51H98NO8+. The van der Waals surface area contributed by atoms with Gasteiger partial charge in [-0.25, -0.2) is 4.79 Å². The predicted octanol–water partition coefficient (Wildman–Crippen LogP) is 13.8. The molecule has 2 atom stereocenters. The Labute approximate surface area is 370 Å². The molecule has 0 aromatic heterocycles. The normalized spacial score (nSPS) is 12.9. The number of allylic oxidation sites excluding steroid dienone is 2. The molecule has 0 aromatic rings. The van der Waals surface area contributed by atoms with Crippen LogP contribution in [0.5, 0.6) is 0 Å². The van der Waals surface area contributed by atoms with E-state index in [1.165, 1.54) is 173 Å². The number of esters is 2. The summed E-state index contributed by atoms with van der Waals surface area (Å²) in [6.45, 7) is 4.90. The maximum atomic E-state index is 12.8. The monoisotopic (exact) mass is 853 g/mol. The van der Waals surface area contributed by atoms with Crippen LogP contribution in [-0.2, 0) is 33.3 Å². The van der Waals surface area contributed by atoms with E-state index in [2.05, 4.69) is 26.0 Å². The molecule has 354 valence electrons. The Kier molecular flexibility index (Phi) is 42.2. The summed E-state index contributed by atoms with van der Waals surface area (Å²) < 4.78 is 22.8. The number of hydrogen-bond donors (Lipinski definition) is 1. The standard InChI is InChI=1S/C51H97NO8/c1-6-8-10-12-14-16-18-20-21-22-23-24-25-26-27-28-29-30-32-34-36-38-40-42-49(54)60-47(46-59-51(50(55)56)57-44-43-52(3,4)5)45-58-48(53)41-39-37-35-33-31-19-17-15-13-11-9-7-2/h22-23,47,51H,6-21,24-46H2,1-5H3/p+1/b23-22-. The van der Waals surface area contributed by atoms with E-state index in [4.69, 9.17) is 18.9 Å². The van der Waals surface area contributed by atoms with E-state index in [1.54, 1.807) is 0 Å². The number of aliphatic carboxylic acids is 1. The first kappa shape index (κ1) is 58.0. The van der Waals surface area contributed by atoms with Gasteiger partial charge in [0.15, 0.2) is 6.10 Å². The van der Waals surface area contributed by atoms with Crippen molar-refractivity contribution in [3.05, 3.63) is 12.2 Å².